The van der Waals surface area contributed by atoms with Crippen molar-refractivity contribution in [1.82, 2.24) is 0 Å². The summed E-state index contributed by atoms with van der Waals surface area (Å²) in [6.07, 6.45) is 4.06. The highest BCUT2D eigenvalue weighted by Crippen LogP contribution is 2.58. The van der Waals surface area contributed by atoms with Crippen LogP contribution in [-0.2, 0) is 15.0 Å². The second kappa shape index (κ2) is 7.74. The van der Waals surface area contributed by atoms with E-state index in [2.05, 4.69) is 16.3 Å². The lowest BCUT2D eigenvalue weighted by Crippen LogP contribution is -2.51. The first-order chi connectivity index (χ1) is 17.2. The van der Waals surface area contributed by atoms with Crippen molar-refractivity contribution in [3.8, 4) is 0 Å². The van der Waals surface area contributed by atoms with E-state index in [-0.39, 0.29) is 17.5 Å². The third kappa shape index (κ3) is 2.97. The molecular formula is C30H28N2O3S. The average molecular weight is 497 g/mol. The molecule has 0 unspecified atom stereocenters. The molecule has 0 bridgehead atoms. The van der Waals surface area contributed by atoms with E-state index in [0.717, 1.165) is 22.4 Å². The first-order valence-electron chi connectivity index (χ1n) is 12.3. The van der Waals surface area contributed by atoms with Crippen LogP contribution in [0.2, 0.25) is 0 Å². The molecule has 3 aliphatic heterocycles. The quantitative estimate of drug-likeness (QED) is 0.476. The zero-order valence-corrected chi connectivity index (χ0v) is 21.6. The Kier molecular flexibility index (Phi) is 4.93. The van der Waals surface area contributed by atoms with Crippen LogP contribution in [0.15, 0.2) is 66.1 Å². The maximum Gasteiger partial charge on any atom is 0.238 e. The molecule has 3 aromatic rings. The van der Waals surface area contributed by atoms with Gasteiger partial charge in [-0.1, -0.05) is 68.8 Å². The Morgan fingerprint density at radius 1 is 1.06 bits per heavy atom. The molecule has 2 aromatic carbocycles. The molecule has 5 nitrogen and oxygen atoms in total. The molecule has 1 spiro atoms. The number of nitrogens with zero attached hydrogens (tertiary/aromatic N) is 1. The molecule has 3 aliphatic rings. The summed E-state index contributed by atoms with van der Waals surface area (Å²) < 4.78 is 0. The van der Waals surface area contributed by atoms with Gasteiger partial charge in [0.2, 0.25) is 5.91 Å². The number of amides is 1. The fourth-order valence-corrected chi connectivity index (χ4v) is 7.02. The van der Waals surface area contributed by atoms with Gasteiger partial charge in [0.25, 0.3) is 0 Å². The number of anilines is 2. The molecule has 0 radical (unpaired) electrons. The molecular weight excluding hydrogens is 468 g/mol. The zero-order chi connectivity index (χ0) is 25.4. The van der Waals surface area contributed by atoms with Crippen LogP contribution in [0.5, 0.6) is 0 Å². The second-order valence-electron chi connectivity index (χ2n) is 11.0. The molecule has 1 N–H and O–H groups in total. The van der Waals surface area contributed by atoms with E-state index < -0.39 is 28.8 Å². The molecule has 6 rings (SSSR count). The minimum absolute atomic E-state index is 0.0433. The highest BCUT2D eigenvalue weighted by molar-refractivity contribution is 7.12. The molecule has 4 atom stereocenters. The lowest BCUT2D eigenvalue weighted by Gasteiger charge is -2.38. The standard InChI is InChI=1S/C30H28N2O3S/c1-17-11-13-21-18(16-17)12-14-23-30(19-8-5-6-9-20(19)31-28(30)35)24(26(33)22-10-7-15-36-22)25(32(21)23)27(34)29(2,3)4/h5-16,23-25H,1-4H3,(H,31,35)/t23-,24-,25+,30-/m1/s1. The number of fused-ring (bicyclic) bond motifs is 6. The minimum Gasteiger partial charge on any atom is -0.352 e. The Balaban J connectivity index is 1.69. The maximum absolute atomic E-state index is 14.4. The number of hydrogen-bond donors (Lipinski definition) is 1. The number of hydrogen-bond acceptors (Lipinski definition) is 5. The van der Waals surface area contributed by atoms with E-state index in [1.807, 2.05) is 87.7 Å². The number of carbonyl (C=O) groups is 3. The average Bonchev–Trinajstić information content (AvgIpc) is 3.54. The third-order valence-electron chi connectivity index (χ3n) is 7.84. The molecule has 0 aliphatic carbocycles. The molecule has 4 heterocycles. The zero-order valence-electron chi connectivity index (χ0n) is 20.7. The second-order valence-corrected chi connectivity index (χ2v) is 12.0. The molecule has 36 heavy (non-hydrogen) atoms. The topological polar surface area (TPSA) is 66.5 Å². The van der Waals surface area contributed by atoms with Crippen LogP contribution < -0.4 is 10.2 Å². The summed E-state index contributed by atoms with van der Waals surface area (Å²) in [5, 5.41) is 4.93. The summed E-state index contributed by atoms with van der Waals surface area (Å²) in [6.45, 7) is 7.70. The van der Waals surface area contributed by atoms with Gasteiger partial charge in [0.1, 0.15) is 11.5 Å². The Morgan fingerprint density at radius 3 is 2.56 bits per heavy atom. The van der Waals surface area contributed by atoms with Crippen molar-refractivity contribution >= 4 is 46.3 Å². The van der Waals surface area contributed by atoms with Gasteiger partial charge in [-0.05, 0) is 47.7 Å². The Labute approximate surface area is 214 Å². The summed E-state index contributed by atoms with van der Waals surface area (Å²) in [5.74, 6) is -1.30. The number of aryl methyl sites for hydroxylation is 1. The highest BCUT2D eigenvalue weighted by Gasteiger charge is 2.70. The summed E-state index contributed by atoms with van der Waals surface area (Å²) in [7, 11) is 0. The van der Waals surface area contributed by atoms with Gasteiger partial charge in [0.05, 0.1) is 16.8 Å². The van der Waals surface area contributed by atoms with Gasteiger partial charge in [-0.25, -0.2) is 0 Å². The van der Waals surface area contributed by atoms with E-state index in [4.69, 9.17) is 0 Å². The third-order valence-corrected chi connectivity index (χ3v) is 8.73. The molecule has 1 amide bonds. The number of Topliss-reactive ketones (excluding diaryl/α,β-unsaturated/α-hetero) is 2. The number of nitrogens with one attached hydrogen (secondary N) is 1. The molecule has 1 fully saturated rings. The number of rotatable bonds is 3. The monoisotopic (exact) mass is 496 g/mol. The van der Waals surface area contributed by atoms with E-state index in [0.29, 0.717) is 10.6 Å². The Morgan fingerprint density at radius 2 is 1.83 bits per heavy atom. The first kappa shape index (κ1) is 22.9. The van der Waals surface area contributed by atoms with Crippen LogP contribution in [0.25, 0.3) is 6.08 Å². The summed E-state index contributed by atoms with van der Waals surface area (Å²) >= 11 is 1.36. The van der Waals surface area contributed by atoms with Gasteiger partial charge in [0, 0.05) is 16.8 Å². The van der Waals surface area contributed by atoms with Crippen molar-refractivity contribution < 1.29 is 14.4 Å². The van der Waals surface area contributed by atoms with Crippen LogP contribution in [0, 0.1) is 18.3 Å². The van der Waals surface area contributed by atoms with E-state index >= 15 is 0 Å². The molecule has 0 saturated carbocycles. The summed E-state index contributed by atoms with van der Waals surface area (Å²) in [5.41, 5.74) is 2.53. The van der Waals surface area contributed by atoms with E-state index in [1.165, 1.54) is 11.3 Å². The van der Waals surface area contributed by atoms with Gasteiger partial charge in [-0.2, -0.15) is 0 Å². The smallest absolute Gasteiger partial charge is 0.238 e. The molecule has 1 saturated heterocycles. The van der Waals surface area contributed by atoms with Crippen LogP contribution in [0.1, 0.15) is 47.1 Å². The SMILES string of the molecule is Cc1ccc2c(c1)C=C[C@H]1N2[C@H](C(=O)C(C)(C)C)[C@H](C(=O)c2cccs2)[C@]12C(=O)Nc1ccccc12. The van der Waals surface area contributed by atoms with Crippen molar-refractivity contribution in [3.63, 3.8) is 0 Å². The van der Waals surface area contributed by atoms with Gasteiger partial charge in [-0.3, -0.25) is 14.4 Å². The van der Waals surface area contributed by atoms with Crippen LogP contribution in [0.4, 0.5) is 11.4 Å². The molecule has 182 valence electrons. The van der Waals surface area contributed by atoms with E-state index in [1.54, 1.807) is 6.07 Å². The highest BCUT2D eigenvalue weighted by atomic mass is 32.1. The number of thiophene rings is 1. The van der Waals surface area contributed by atoms with Crippen molar-refractivity contribution in [2.24, 2.45) is 11.3 Å². The van der Waals surface area contributed by atoms with Gasteiger partial charge < -0.3 is 10.2 Å². The number of para-hydroxylation sites is 1. The minimum atomic E-state index is -1.23. The maximum atomic E-state index is 14.4. The number of benzene rings is 2. The first-order valence-corrected chi connectivity index (χ1v) is 13.1. The largest absolute Gasteiger partial charge is 0.352 e. The summed E-state index contributed by atoms with van der Waals surface area (Å²) in [4.78, 5) is 45.5. The van der Waals surface area contributed by atoms with Gasteiger partial charge in [0.15, 0.2) is 11.6 Å². The fourth-order valence-electron chi connectivity index (χ4n) is 6.31. The normalized spacial score (nSPS) is 25.9. The molecule has 6 heteroatoms. The Bertz CT molecular complexity index is 1450. The predicted molar refractivity (Wildman–Crippen MR) is 144 cm³/mol. The van der Waals surface area contributed by atoms with Crippen molar-refractivity contribution in [1.29, 1.82) is 0 Å². The lowest BCUT2D eigenvalue weighted by atomic mass is 9.64. The van der Waals surface area contributed by atoms with E-state index in [9.17, 15) is 14.4 Å². The van der Waals surface area contributed by atoms with Crippen LogP contribution in [0.3, 0.4) is 0 Å². The van der Waals surface area contributed by atoms with Crippen molar-refractivity contribution in [2.45, 2.75) is 45.2 Å². The van der Waals surface area contributed by atoms with Crippen LogP contribution >= 0.6 is 11.3 Å². The van der Waals surface area contributed by atoms with Crippen molar-refractivity contribution in [2.75, 3.05) is 10.2 Å². The van der Waals surface area contributed by atoms with Gasteiger partial charge >= 0.3 is 0 Å². The lowest BCUT2D eigenvalue weighted by molar-refractivity contribution is -0.128. The molecule has 1 aromatic heterocycles. The predicted octanol–water partition coefficient (Wildman–Crippen LogP) is 5.64. The fraction of sp³-hybridized carbons (Fsp3) is 0.300. The number of ketones is 2. The van der Waals surface area contributed by atoms with Crippen molar-refractivity contribution in [3.05, 3.63) is 87.6 Å². The summed E-state index contributed by atoms with van der Waals surface area (Å²) in [6, 6.07) is 16.1. The number of carbonyl (C=O) groups excluding carboxylic acids is 3. The van der Waals surface area contributed by atoms with Crippen LogP contribution in [-0.4, -0.2) is 29.6 Å². The van der Waals surface area contributed by atoms with Gasteiger partial charge in [-0.15, -0.1) is 11.3 Å². The Hall–Kier alpha value is -3.51.